The minimum atomic E-state index is -0.151. The van der Waals surface area contributed by atoms with Crippen molar-refractivity contribution < 1.29 is 9.32 Å². The van der Waals surface area contributed by atoms with Gasteiger partial charge >= 0.3 is 0 Å². The summed E-state index contributed by atoms with van der Waals surface area (Å²) in [6, 6.07) is 7.28. The highest BCUT2D eigenvalue weighted by Crippen LogP contribution is 2.21. The average Bonchev–Trinajstić information content (AvgIpc) is 2.84. The SMILES string of the molecule is Cc1ccc(C#N)c(SCCC(=O)Nc2cc(C)on2)n1. The molecule has 0 aliphatic rings. The number of aryl methyl sites for hydroxylation is 2. The minimum absolute atomic E-state index is 0.151. The molecule has 0 unspecified atom stereocenters. The molecule has 0 bridgehead atoms. The molecule has 6 nitrogen and oxygen atoms in total. The molecule has 1 amide bonds. The zero-order valence-electron chi connectivity index (χ0n) is 11.7. The maximum Gasteiger partial charge on any atom is 0.226 e. The molecule has 0 aromatic carbocycles. The Kier molecular flexibility index (Phi) is 4.95. The number of pyridine rings is 1. The third kappa shape index (κ3) is 4.33. The fourth-order valence-electron chi connectivity index (χ4n) is 1.60. The fourth-order valence-corrected chi connectivity index (χ4v) is 2.56. The molecule has 2 aromatic heterocycles. The fraction of sp³-hybridized carbons (Fsp3) is 0.286. The topological polar surface area (TPSA) is 91.8 Å². The van der Waals surface area contributed by atoms with Gasteiger partial charge in [-0.3, -0.25) is 4.79 Å². The summed E-state index contributed by atoms with van der Waals surface area (Å²) < 4.78 is 4.87. The maximum absolute atomic E-state index is 11.7. The third-order valence-electron chi connectivity index (χ3n) is 2.58. The summed E-state index contributed by atoms with van der Waals surface area (Å²) in [6.45, 7) is 3.62. The van der Waals surface area contributed by atoms with E-state index >= 15 is 0 Å². The third-order valence-corrected chi connectivity index (χ3v) is 3.58. The number of rotatable bonds is 5. The lowest BCUT2D eigenvalue weighted by molar-refractivity contribution is -0.115. The molecule has 0 aliphatic heterocycles. The molecule has 0 fully saturated rings. The first-order chi connectivity index (χ1) is 10.1. The lowest BCUT2D eigenvalue weighted by Gasteiger charge is -2.04. The van der Waals surface area contributed by atoms with Crippen LogP contribution in [-0.4, -0.2) is 21.8 Å². The van der Waals surface area contributed by atoms with Crippen LogP contribution in [0.25, 0.3) is 0 Å². The molecule has 21 heavy (non-hydrogen) atoms. The second kappa shape index (κ2) is 6.90. The van der Waals surface area contributed by atoms with Crippen molar-refractivity contribution in [1.82, 2.24) is 10.1 Å². The van der Waals surface area contributed by atoms with Gasteiger partial charge in [0, 0.05) is 23.9 Å². The summed E-state index contributed by atoms with van der Waals surface area (Å²) in [7, 11) is 0. The van der Waals surface area contributed by atoms with Gasteiger partial charge in [-0.15, -0.1) is 11.8 Å². The van der Waals surface area contributed by atoms with Crippen molar-refractivity contribution in [2.75, 3.05) is 11.1 Å². The number of carbonyl (C=O) groups excluding carboxylic acids is 1. The Hall–Kier alpha value is -2.33. The van der Waals surface area contributed by atoms with E-state index in [1.165, 1.54) is 11.8 Å². The molecule has 0 atom stereocenters. The van der Waals surface area contributed by atoms with Gasteiger partial charge in [-0.05, 0) is 26.0 Å². The van der Waals surface area contributed by atoms with Crippen molar-refractivity contribution in [1.29, 1.82) is 5.26 Å². The maximum atomic E-state index is 11.7. The van der Waals surface area contributed by atoms with Crippen molar-refractivity contribution in [3.8, 4) is 6.07 Å². The summed E-state index contributed by atoms with van der Waals surface area (Å²) in [4.78, 5) is 16.1. The molecular weight excluding hydrogens is 288 g/mol. The zero-order chi connectivity index (χ0) is 15.2. The monoisotopic (exact) mass is 302 g/mol. The average molecular weight is 302 g/mol. The number of nitriles is 1. The van der Waals surface area contributed by atoms with E-state index in [0.29, 0.717) is 34.3 Å². The molecular formula is C14H14N4O2S. The number of nitrogens with zero attached hydrogens (tertiary/aromatic N) is 3. The number of hydrogen-bond acceptors (Lipinski definition) is 6. The van der Waals surface area contributed by atoms with Gasteiger partial charge in [0.2, 0.25) is 5.91 Å². The first-order valence-corrected chi connectivity index (χ1v) is 7.31. The Balaban J connectivity index is 1.85. The number of anilines is 1. The van der Waals surface area contributed by atoms with Gasteiger partial charge in [0.15, 0.2) is 5.82 Å². The number of nitrogens with one attached hydrogen (secondary N) is 1. The van der Waals surface area contributed by atoms with Crippen LogP contribution in [-0.2, 0) is 4.79 Å². The van der Waals surface area contributed by atoms with E-state index in [1.807, 2.05) is 6.92 Å². The van der Waals surface area contributed by atoms with Gasteiger partial charge in [-0.25, -0.2) is 4.98 Å². The van der Waals surface area contributed by atoms with Crippen LogP contribution in [0.3, 0.4) is 0 Å². The summed E-state index contributed by atoms with van der Waals surface area (Å²) in [5, 5.41) is 16.0. The van der Waals surface area contributed by atoms with Crippen LogP contribution in [0.4, 0.5) is 5.82 Å². The van der Waals surface area contributed by atoms with E-state index in [-0.39, 0.29) is 5.91 Å². The molecule has 1 N–H and O–H groups in total. The Bertz CT molecular complexity index is 691. The zero-order valence-corrected chi connectivity index (χ0v) is 12.5. The van der Waals surface area contributed by atoms with Crippen molar-refractivity contribution >= 4 is 23.5 Å². The second-order valence-electron chi connectivity index (χ2n) is 4.39. The number of carbonyl (C=O) groups is 1. The first kappa shape index (κ1) is 15.1. The van der Waals surface area contributed by atoms with Crippen molar-refractivity contribution in [3.05, 3.63) is 35.2 Å². The van der Waals surface area contributed by atoms with E-state index < -0.39 is 0 Å². The van der Waals surface area contributed by atoms with Crippen LogP contribution in [0.2, 0.25) is 0 Å². The smallest absolute Gasteiger partial charge is 0.226 e. The normalized spacial score (nSPS) is 10.1. The molecule has 7 heteroatoms. The van der Waals surface area contributed by atoms with Gasteiger partial charge in [-0.1, -0.05) is 5.16 Å². The van der Waals surface area contributed by atoms with Gasteiger partial charge < -0.3 is 9.84 Å². The Morgan fingerprint density at radius 1 is 1.48 bits per heavy atom. The van der Waals surface area contributed by atoms with Crippen LogP contribution < -0.4 is 5.32 Å². The quantitative estimate of drug-likeness (QED) is 0.854. The molecule has 2 rings (SSSR count). The van der Waals surface area contributed by atoms with E-state index in [0.717, 1.165) is 5.69 Å². The molecule has 0 spiro atoms. The highest BCUT2D eigenvalue weighted by Gasteiger charge is 2.09. The summed E-state index contributed by atoms with van der Waals surface area (Å²) in [5.74, 6) is 1.44. The predicted molar refractivity (Wildman–Crippen MR) is 78.9 cm³/mol. The summed E-state index contributed by atoms with van der Waals surface area (Å²) in [5.41, 5.74) is 1.37. The lowest BCUT2D eigenvalue weighted by atomic mass is 10.3. The van der Waals surface area contributed by atoms with Crippen molar-refractivity contribution in [3.63, 3.8) is 0 Å². The van der Waals surface area contributed by atoms with Crippen LogP contribution >= 0.6 is 11.8 Å². The van der Waals surface area contributed by atoms with Crippen LogP contribution in [0.15, 0.2) is 27.7 Å². The van der Waals surface area contributed by atoms with Gasteiger partial charge in [0.05, 0.1) is 5.56 Å². The Labute approximate surface area is 126 Å². The van der Waals surface area contributed by atoms with Crippen LogP contribution in [0, 0.1) is 25.2 Å². The summed E-state index contributed by atoms with van der Waals surface area (Å²) in [6.07, 6.45) is 0.303. The number of thioether (sulfide) groups is 1. The van der Waals surface area contributed by atoms with E-state index in [4.69, 9.17) is 9.78 Å². The number of aromatic nitrogens is 2. The molecule has 2 heterocycles. The molecule has 0 saturated heterocycles. The van der Waals surface area contributed by atoms with Crippen molar-refractivity contribution in [2.24, 2.45) is 0 Å². The van der Waals surface area contributed by atoms with E-state index in [2.05, 4.69) is 21.5 Å². The predicted octanol–water partition coefficient (Wildman–Crippen LogP) is 2.68. The second-order valence-corrected chi connectivity index (χ2v) is 5.47. The Morgan fingerprint density at radius 3 is 2.95 bits per heavy atom. The molecule has 0 radical (unpaired) electrons. The largest absolute Gasteiger partial charge is 0.360 e. The first-order valence-electron chi connectivity index (χ1n) is 6.32. The number of hydrogen-bond donors (Lipinski definition) is 1. The minimum Gasteiger partial charge on any atom is -0.360 e. The van der Waals surface area contributed by atoms with Crippen LogP contribution in [0.5, 0.6) is 0 Å². The van der Waals surface area contributed by atoms with Crippen molar-refractivity contribution in [2.45, 2.75) is 25.3 Å². The van der Waals surface area contributed by atoms with E-state index in [1.54, 1.807) is 25.1 Å². The molecule has 108 valence electrons. The summed E-state index contributed by atoms with van der Waals surface area (Å²) >= 11 is 1.39. The molecule has 2 aromatic rings. The highest BCUT2D eigenvalue weighted by atomic mass is 32.2. The van der Waals surface area contributed by atoms with Gasteiger partial charge in [-0.2, -0.15) is 5.26 Å². The van der Waals surface area contributed by atoms with Gasteiger partial charge in [0.1, 0.15) is 16.9 Å². The lowest BCUT2D eigenvalue weighted by Crippen LogP contribution is -2.12. The van der Waals surface area contributed by atoms with E-state index in [9.17, 15) is 4.79 Å². The number of amides is 1. The highest BCUT2D eigenvalue weighted by molar-refractivity contribution is 7.99. The molecule has 0 aliphatic carbocycles. The molecule has 0 saturated carbocycles. The van der Waals surface area contributed by atoms with Gasteiger partial charge in [0.25, 0.3) is 0 Å². The standard InChI is InChI=1S/C14H14N4O2S/c1-9-3-4-11(8-15)14(16-9)21-6-5-13(19)17-12-7-10(2)20-18-12/h3-4,7H,5-6H2,1-2H3,(H,17,18,19). The Morgan fingerprint density at radius 2 is 2.29 bits per heavy atom. The van der Waals surface area contributed by atoms with Crippen LogP contribution in [0.1, 0.15) is 23.4 Å².